The summed E-state index contributed by atoms with van der Waals surface area (Å²) in [5, 5.41) is 4.04. The standard InChI is InChI=1S/C29H32F3N3O5/c1-28(2,32)25-21(24(34-40-25)20-7-5-6-8-22(20)39-27(30)31)15-38-19-11-18-14-35(16-29(18,3)12-19)23-10-9-17(13-33-23)26(36)37-4/h5-10,13,18-19,27H,11-12,14-16H2,1-4H3/t18?,19-,29?/m1/s1. The molecule has 40 heavy (non-hydrogen) atoms. The lowest BCUT2D eigenvalue weighted by atomic mass is 9.83. The van der Waals surface area contributed by atoms with Gasteiger partial charge in [-0.15, -0.1) is 0 Å². The Morgan fingerprint density at radius 1 is 1.25 bits per heavy atom. The molecular weight excluding hydrogens is 527 g/mol. The molecule has 3 heterocycles. The number of ether oxygens (including phenoxy) is 3. The van der Waals surface area contributed by atoms with E-state index >= 15 is 4.39 Å². The summed E-state index contributed by atoms with van der Waals surface area (Å²) in [7, 11) is 1.33. The predicted octanol–water partition coefficient (Wildman–Crippen LogP) is 6.15. The van der Waals surface area contributed by atoms with E-state index in [1.165, 1.54) is 33.2 Å². The van der Waals surface area contributed by atoms with Crippen molar-refractivity contribution in [3.8, 4) is 17.0 Å². The summed E-state index contributed by atoms with van der Waals surface area (Å²) < 4.78 is 62.3. The summed E-state index contributed by atoms with van der Waals surface area (Å²) in [5.41, 5.74) is -0.622. The molecule has 8 nitrogen and oxygen atoms in total. The van der Waals surface area contributed by atoms with E-state index in [2.05, 4.69) is 26.7 Å². The molecule has 2 fully saturated rings. The highest BCUT2D eigenvalue weighted by Crippen LogP contribution is 2.50. The summed E-state index contributed by atoms with van der Waals surface area (Å²) in [4.78, 5) is 18.4. The van der Waals surface area contributed by atoms with Crippen LogP contribution in [0.1, 0.15) is 55.3 Å². The number of hydrogen-bond donors (Lipinski definition) is 0. The van der Waals surface area contributed by atoms with Gasteiger partial charge in [0.2, 0.25) is 0 Å². The largest absolute Gasteiger partial charge is 0.465 e. The first-order valence-corrected chi connectivity index (χ1v) is 13.1. The molecule has 214 valence electrons. The number of fused-ring (bicyclic) bond motifs is 1. The van der Waals surface area contributed by atoms with Crippen molar-refractivity contribution < 1.29 is 36.7 Å². The number of carbonyl (C=O) groups is 1. The summed E-state index contributed by atoms with van der Waals surface area (Å²) >= 11 is 0. The second kappa shape index (κ2) is 10.8. The molecule has 3 atom stereocenters. The van der Waals surface area contributed by atoms with Crippen molar-refractivity contribution in [3.05, 3.63) is 59.5 Å². The number of aromatic nitrogens is 2. The van der Waals surface area contributed by atoms with E-state index in [9.17, 15) is 13.6 Å². The number of anilines is 1. The molecule has 0 radical (unpaired) electrons. The van der Waals surface area contributed by atoms with E-state index in [-0.39, 0.29) is 40.9 Å². The van der Waals surface area contributed by atoms with Crippen LogP contribution in [0.2, 0.25) is 0 Å². The number of rotatable bonds is 9. The molecule has 0 bridgehead atoms. The monoisotopic (exact) mass is 559 g/mol. The first-order valence-electron chi connectivity index (χ1n) is 13.1. The summed E-state index contributed by atoms with van der Waals surface area (Å²) in [6.45, 7) is 3.49. The van der Waals surface area contributed by atoms with Gasteiger partial charge in [0, 0.05) is 24.8 Å². The maximum absolute atomic E-state index is 15.1. The third kappa shape index (κ3) is 5.52. The summed E-state index contributed by atoms with van der Waals surface area (Å²) in [6, 6.07) is 9.76. The van der Waals surface area contributed by atoms with Crippen molar-refractivity contribution in [1.29, 1.82) is 0 Å². The molecule has 5 rings (SSSR count). The van der Waals surface area contributed by atoms with Crippen LogP contribution in [-0.4, -0.2) is 49.0 Å². The lowest BCUT2D eigenvalue weighted by Gasteiger charge is -2.25. The molecule has 0 spiro atoms. The number of benzene rings is 1. The zero-order valence-corrected chi connectivity index (χ0v) is 22.8. The van der Waals surface area contributed by atoms with Gasteiger partial charge in [0.15, 0.2) is 11.4 Å². The minimum atomic E-state index is -3.02. The highest BCUT2D eigenvalue weighted by atomic mass is 19.3. The van der Waals surface area contributed by atoms with E-state index in [0.29, 0.717) is 17.0 Å². The maximum atomic E-state index is 15.1. The van der Waals surface area contributed by atoms with Crippen LogP contribution in [0.15, 0.2) is 47.1 Å². The molecule has 1 aliphatic carbocycles. The van der Waals surface area contributed by atoms with Crippen LogP contribution in [-0.2, 0) is 21.7 Å². The van der Waals surface area contributed by atoms with E-state index in [1.807, 2.05) is 6.07 Å². The number of hydrogen-bond acceptors (Lipinski definition) is 8. The minimum absolute atomic E-state index is 0.00796. The number of nitrogens with zero attached hydrogens (tertiary/aromatic N) is 3. The van der Waals surface area contributed by atoms with Gasteiger partial charge < -0.3 is 23.6 Å². The Labute approximate surface area is 230 Å². The molecule has 2 aliphatic rings. The van der Waals surface area contributed by atoms with Crippen LogP contribution in [0.4, 0.5) is 19.0 Å². The predicted molar refractivity (Wildman–Crippen MR) is 140 cm³/mol. The number of para-hydroxylation sites is 1. The number of alkyl halides is 3. The van der Waals surface area contributed by atoms with Crippen molar-refractivity contribution in [2.24, 2.45) is 11.3 Å². The molecule has 0 N–H and O–H groups in total. The Morgan fingerprint density at radius 2 is 2.02 bits per heavy atom. The van der Waals surface area contributed by atoms with Crippen LogP contribution < -0.4 is 9.64 Å². The molecule has 3 aromatic rings. The van der Waals surface area contributed by atoms with E-state index in [4.69, 9.17) is 14.0 Å². The van der Waals surface area contributed by atoms with Gasteiger partial charge in [-0.2, -0.15) is 8.78 Å². The summed E-state index contributed by atoms with van der Waals surface area (Å²) in [6.07, 6.45) is 3.02. The van der Waals surface area contributed by atoms with Crippen molar-refractivity contribution in [3.63, 3.8) is 0 Å². The Morgan fingerprint density at radius 3 is 2.67 bits per heavy atom. The fourth-order valence-electron chi connectivity index (χ4n) is 5.92. The Bertz CT molecular complexity index is 1360. The van der Waals surface area contributed by atoms with Gasteiger partial charge in [-0.05, 0) is 62.3 Å². The van der Waals surface area contributed by atoms with E-state index in [1.54, 1.807) is 24.3 Å². The molecule has 1 saturated carbocycles. The van der Waals surface area contributed by atoms with Crippen LogP contribution in [0.5, 0.6) is 5.75 Å². The van der Waals surface area contributed by atoms with Gasteiger partial charge in [0.1, 0.15) is 17.3 Å². The quantitative estimate of drug-likeness (QED) is 0.289. The lowest BCUT2D eigenvalue weighted by molar-refractivity contribution is -0.0494. The van der Waals surface area contributed by atoms with Crippen LogP contribution in [0.3, 0.4) is 0 Å². The normalized spacial score (nSPS) is 22.6. The van der Waals surface area contributed by atoms with Gasteiger partial charge in [-0.25, -0.2) is 14.2 Å². The lowest BCUT2D eigenvalue weighted by Crippen LogP contribution is -2.27. The van der Waals surface area contributed by atoms with Gasteiger partial charge in [0.05, 0.1) is 30.9 Å². The fraction of sp³-hybridized carbons (Fsp3) is 0.483. The number of esters is 1. The zero-order valence-electron chi connectivity index (χ0n) is 22.8. The molecule has 2 aromatic heterocycles. The van der Waals surface area contributed by atoms with Crippen molar-refractivity contribution >= 4 is 11.8 Å². The van der Waals surface area contributed by atoms with Gasteiger partial charge in [0.25, 0.3) is 0 Å². The third-order valence-corrected chi connectivity index (χ3v) is 7.86. The topological polar surface area (TPSA) is 86.9 Å². The van der Waals surface area contributed by atoms with Crippen molar-refractivity contribution in [2.45, 2.75) is 58.6 Å². The van der Waals surface area contributed by atoms with Crippen molar-refractivity contribution in [1.82, 2.24) is 10.1 Å². The molecule has 2 unspecified atom stereocenters. The first-order chi connectivity index (χ1) is 19.0. The molecule has 1 aromatic carbocycles. The highest BCUT2D eigenvalue weighted by molar-refractivity contribution is 5.89. The first kappa shape index (κ1) is 27.9. The molecule has 0 amide bonds. The molecule has 1 aliphatic heterocycles. The molecule has 11 heteroatoms. The SMILES string of the molecule is COC(=O)c1ccc(N2CC3C[C@@H](OCc4c(-c5ccccc5OC(F)F)noc4C(C)(C)F)CC3(C)C2)nc1. The van der Waals surface area contributed by atoms with Gasteiger partial charge >= 0.3 is 12.6 Å². The third-order valence-electron chi connectivity index (χ3n) is 7.86. The van der Waals surface area contributed by atoms with E-state index < -0.39 is 18.2 Å². The second-order valence-electron chi connectivity index (χ2n) is 11.2. The summed E-state index contributed by atoms with van der Waals surface area (Å²) in [5.74, 6) is 0.635. The van der Waals surface area contributed by atoms with Gasteiger partial charge in [-0.3, -0.25) is 0 Å². The van der Waals surface area contributed by atoms with Crippen LogP contribution in [0.25, 0.3) is 11.3 Å². The average molecular weight is 560 g/mol. The van der Waals surface area contributed by atoms with Crippen LogP contribution >= 0.6 is 0 Å². The number of pyridine rings is 1. The smallest absolute Gasteiger partial charge is 0.387 e. The Kier molecular flexibility index (Phi) is 7.52. The molecular formula is C29H32F3N3O5. The second-order valence-corrected chi connectivity index (χ2v) is 11.2. The molecule has 1 saturated heterocycles. The number of carbonyl (C=O) groups excluding carboxylic acids is 1. The van der Waals surface area contributed by atoms with Crippen LogP contribution in [0, 0.1) is 11.3 Å². The van der Waals surface area contributed by atoms with E-state index in [0.717, 1.165) is 31.7 Å². The maximum Gasteiger partial charge on any atom is 0.387 e. The van der Waals surface area contributed by atoms with Crippen molar-refractivity contribution in [2.75, 3.05) is 25.1 Å². The van der Waals surface area contributed by atoms with Gasteiger partial charge in [-0.1, -0.05) is 24.2 Å². The average Bonchev–Trinajstić information content (AvgIpc) is 3.56. The number of halogens is 3. The zero-order chi connectivity index (χ0) is 28.7. The number of methoxy groups -OCH3 is 1. The Hall–Kier alpha value is -3.60. The Balaban J connectivity index is 1.30. The highest BCUT2D eigenvalue weighted by Gasteiger charge is 2.50. The fourth-order valence-corrected chi connectivity index (χ4v) is 5.92. The minimum Gasteiger partial charge on any atom is -0.465 e.